The molecule has 0 saturated heterocycles. The molecule has 6 heteroatoms. The second-order valence-electron chi connectivity index (χ2n) is 5.09. The minimum absolute atomic E-state index is 0.205. The number of carbonyl (C=O) groups is 2. The summed E-state index contributed by atoms with van der Waals surface area (Å²) in [5, 5.41) is 11.1. The lowest BCUT2D eigenvalue weighted by Gasteiger charge is -2.13. The molecule has 2 N–H and O–H groups in total. The monoisotopic (exact) mass is 283 g/mol. The minimum Gasteiger partial charge on any atom is -0.481 e. The van der Waals surface area contributed by atoms with Crippen LogP contribution in [0.4, 0.5) is 14.5 Å². The Bertz CT molecular complexity index is 560. The predicted molar refractivity (Wildman–Crippen MR) is 68.2 cm³/mol. The quantitative estimate of drug-likeness (QED) is 0.896. The Balaban J connectivity index is 2.10. The van der Waals surface area contributed by atoms with Crippen LogP contribution in [0.25, 0.3) is 0 Å². The van der Waals surface area contributed by atoms with Crippen molar-refractivity contribution in [1.82, 2.24) is 0 Å². The lowest BCUT2D eigenvalue weighted by molar-refractivity contribution is -0.141. The van der Waals surface area contributed by atoms with Crippen molar-refractivity contribution in [2.24, 2.45) is 11.8 Å². The van der Waals surface area contributed by atoms with Gasteiger partial charge in [-0.2, -0.15) is 0 Å². The second kappa shape index (κ2) is 5.56. The molecule has 0 bridgehead atoms. The van der Waals surface area contributed by atoms with Crippen molar-refractivity contribution in [1.29, 1.82) is 0 Å². The lowest BCUT2D eigenvalue weighted by atomic mass is 10.0. The highest BCUT2D eigenvalue weighted by atomic mass is 19.1. The van der Waals surface area contributed by atoms with E-state index in [4.69, 9.17) is 5.11 Å². The molecule has 0 heterocycles. The highest BCUT2D eigenvalue weighted by Crippen LogP contribution is 2.32. The van der Waals surface area contributed by atoms with Gasteiger partial charge >= 0.3 is 5.97 Å². The van der Waals surface area contributed by atoms with Gasteiger partial charge in [-0.15, -0.1) is 0 Å². The zero-order valence-corrected chi connectivity index (χ0v) is 11.0. The molecule has 1 aliphatic rings. The van der Waals surface area contributed by atoms with Crippen LogP contribution in [0, 0.1) is 30.4 Å². The van der Waals surface area contributed by atoms with Gasteiger partial charge in [0, 0.05) is 5.92 Å². The number of nitrogens with one attached hydrogen (secondary N) is 1. The van der Waals surface area contributed by atoms with E-state index < -0.39 is 41.0 Å². The van der Waals surface area contributed by atoms with E-state index in [-0.39, 0.29) is 12.0 Å². The number of halogens is 2. The van der Waals surface area contributed by atoms with Gasteiger partial charge in [0.1, 0.15) is 11.5 Å². The van der Waals surface area contributed by atoms with Crippen LogP contribution in [0.1, 0.15) is 24.8 Å². The zero-order chi connectivity index (χ0) is 14.9. The molecule has 108 valence electrons. The highest BCUT2D eigenvalue weighted by Gasteiger charge is 2.34. The summed E-state index contributed by atoms with van der Waals surface area (Å²) in [6.45, 7) is 1.47. The molecular formula is C14H15F2NO3. The number of hydrogen-bond acceptors (Lipinski definition) is 2. The average molecular weight is 283 g/mol. The van der Waals surface area contributed by atoms with Gasteiger partial charge in [-0.1, -0.05) is 6.07 Å². The number of carbonyl (C=O) groups excluding carboxylic acids is 1. The summed E-state index contributed by atoms with van der Waals surface area (Å²) in [4.78, 5) is 22.8. The lowest BCUT2D eigenvalue weighted by Crippen LogP contribution is -2.23. The Hall–Kier alpha value is -1.98. The molecule has 0 spiro atoms. The molecule has 2 unspecified atom stereocenters. The number of hydrogen-bond donors (Lipinski definition) is 2. The fraction of sp³-hybridized carbons (Fsp3) is 0.429. The number of benzene rings is 1. The van der Waals surface area contributed by atoms with Gasteiger partial charge in [-0.3, -0.25) is 9.59 Å². The second-order valence-corrected chi connectivity index (χ2v) is 5.09. The van der Waals surface area contributed by atoms with Crippen molar-refractivity contribution in [2.75, 3.05) is 5.32 Å². The van der Waals surface area contributed by atoms with E-state index in [1.54, 1.807) is 0 Å². The van der Waals surface area contributed by atoms with Gasteiger partial charge in [-0.25, -0.2) is 8.78 Å². The Morgan fingerprint density at radius 1 is 1.25 bits per heavy atom. The predicted octanol–water partition coefficient (Wildman–Crippen LogP) is 2.71. The van der Waals surface area contributed by atoms with Crippen LogP contribution >= 0.6 is 0 Å². The van der Waals surface area contributed by atoms with E-state index >= 15 is 0 Å². The van der Waals surface area contributed by atoms with E-state index in [2.05, 4.69) is 5.32 Å². The molecule has 4 nitrogen and oxygen atoms in total. The number of amides is 1. The van der Waals surface area contributed by atoms with Gasteiger partial charge in [0.25, 0.3) is 0 Å². The summed E-state index contributed by atoms with van der Waals surface area (Å²) in [6, 6.07) is 2.37. The Kier molecular flexibility index (Phi) is 4.01. The number of aliphatic carboxylic acids is 1. The van der Waals surface area contributed by atoms with E-state index in [1.807, 2.05) is 0 Å². The minimum atomic E-state index is -0.937. The van der Waals surface area contributed by atoms with Crippen LogP contribution in [0.5, 0.6) is 0 Å². The number of carboxylic acids is 1. The summed E-state index contributed by atoms with van der Waals surface area (Å²) < 4.78 is 27.3. The zero-order valence-electron chi connectivity index (χ0n) is 11.0. The summed E-state index contributed by atoms with van der Waals surface area (Å²) in [6.07, 6.45) is 1.03. The summed E-state index contributed by atoms with van der Waals surface area (Å²) >= 11 is 0. The van der Waals surface area contributed by atoms with E-state index in [9.17, 15) is 18.4 Å². The molecular weight excluding hydrogens is 268 g/mol. The molecule has 20 heavy (non-hydrogen) atoms. The number of anilines is 1. The van der Waals surface area contributed by atoms with Gasteiger partial charge in [-0.05, 0) is 37.8 Å². The van der Waals surface area contributed by atoms with Gasteiger partial charge in [0.05, 0.1) is 5.92 Å². The van der Waals surface area contributed by atoms with Crippen LogP contribution < -0.4 is 5.32 Å². The Morgan fingerprint density at radius 3 is 2.50 bits per heavy atom. The Morgan fingerprint density at radius 2 is 1.90 bits per heavy atom. The molecule has 1 aliphatic carbocycles. The molecule has 2 atom stereocenters. The molecule has 0 aromatic heterocycles. The van der Waals surface area contributed by atoms with Crippen LogP contribution in [-0.2, 0) is 9.59 Å². The molecule has 0 aliphatic heterocycles. The third kappa shape index (κ3) is 2.79. The van der Waals surface area contributed by atoms with Crippen molar-refractivity contribution in [2.45, 2.75) is 26.2 Å². The maximum Gasteiger partial charge on any atom is 0.306 e. The van der Waals surface area contributed by atoms with Crippen LogP contribution in [0.3, 0.4) is 0 Å². The first-order valence-electron chi connectivity index (χ1n) is 6.38. The largest absolute Gasteiger partial charge is 0.481 e. The molecule has 1 fully saturated rings. The molecule has 2 rings (SSSR count). The van der Waals surface area contributed by atoms with Crippen molar-refractivity contribution >= 4 is 17.6 Å². The molecule has 1 saturated carbocycles. The van der Waals surface area contributed by atoms with E-state index in [1.165, 1.54) is 13.0 Å². The van der Waals surface area contributed by atoms with E-state index in [0.717, 1.165) is 6.07 Å². The smallest absolute Gasteiger partial charge is 0.306 e. The SMILES string of the molecule is Cc1ccc(F)c(NC(=O)C2CCC(C(=O)O)C2)c1F. The fourth-order valence-corrected chi connectivity index (χ4v) is 2.44. The third-order valence-electron chi connectivity index (χ3n) is 3.69. The van der Waals surface area contributed by atoms with Crippen molar-refractivity contribution < 1.29 is 23.5 Å². The number of rotatable bonds is 3. The standard InChI is InChI=1S/C14H15F2NO3/c1-7-2-5-10(15)12(11(7)16)17-13(18)8-3-4-9(6-8)14(19)20/h2,5,8-9H,3-4,6H2,1H3,(H,17,18)(H,19,20). The molecule has 1 aromatic rings. The first kappa shape index (κ1) is 14.4. The van der Waals surface area contributed by atoms with Gasteiger partial charge < -0.3 is 10.4 Å². The topological polar surface area (TPSA) is 66.4 Å². The van der Waals surface area contributed by atoms with Gasteiger partial charge in [0.15, 0.2) is 5.82 Å². The first-order chi connectivity index (χ1) is 9.40. The van der Waals surface area contributed by atoms with Crippen LogP contribution in [0.15, 0.2) is 12.1 Å². The summed E-state index contributed by atoms with van der Waals surface area (Å²) in [5.74, 6) is -4.18. The maximum absolute atomic E-state index is 13.8. The third-order valence-corrected chi connectivity index (χ3v) is 3.69. The van der Waals surface area contributed by atoms with Crippen molar-refractivity contribution in [3.05, 3.63) is 29.3 Å². The van der Waals surface area contributed by atoms with Crippen molar-refractivity contribution in [3.63, 3.8) is 0 Å². The number of carboxylic acid groups (broad SMARTS) is 1. The summed E-state index contributed by atoms with van der Waals surface area (Å²) in [5.41, 5.74) is -0.231. The average Bonchev–Trinajstić information content (AvgIpc) is 2.89. The molecule has 1 aromatic carbocycles. The number of aryl methyl sites for hydroxylation is 1. The summed E-state index contributed by atoms with van der Waals surface area (Å²) in [7, 11) is 0. The van der Waals surface area contributed by atoms with Gasteiger partial charge in [0.2, 0.25) is 5.91 Å². The molecule has 0 radical (unpaired) electrons. The van der Waals surface area contributed by atoms with Crippen molar-refractivity contribution in [3.8, 4) is 0 Å². The first-order valence-corrected chi connectivity index (χ1v) is 6.38. The Labute approximate surface area is 114 Å². The molecule has 1 amide bonds. The fourth-order valence-electron chi connectivity index (χ4n) is 2.44. The highest BCUT2D eigenvalue weighted by molar-refractivity contribution is 5.93. The normalized spacial score (nSPS) is 21.8. The van der Waals surface area contributed by atoms with E-state index in [0.29, 0.717) is 12.8 Å². The maximum atomic E-state index is 13.8. The van der Waals surface area contributed by atoms with Crippen LogP contribution in [0.2, 0.25) is 0 Å². The van der Waals surface area contributed by atoms with Crippen LogP contribution in [-0.4, -0.2) is 17.0 Å².